The number of hydrogen-bond acceptors (Lipinski definition) is 4. The van der Waals surface area contributed by atoms with E-state index in [1.54, 1.807) is 11.1 Å². The van der Waals surface area contributed by atoms with Crippen molar-refractivity contribution in [3.8, 4) is 0 Å². The number of rotatable bonds is 1. The van der Waals surface area contributed by atoms with E-state index in [0.29, 0.717) is 29.6 Å². The van der Waals surface area contributed by atoms with Crippen molar-refractivity contribution in [1.82, 2.24) is 19.9 Å². The van der Waals surface area contributed by atoms with Crippen LogP contribution in [0.4, 0.5) is 0 Å². The Balaban J connectivity index is 1.78. The monoisotopic (exact) mass is 334 g/mol. The number of aryl methyl sites for hydroxylation is 2. The number of hydrogen-bond donors (Lipinski definition) is 1. The fourth-order valence-corrected chi connectivity index (χ4v) is 3.39. The molecule has 0 atom stereocenters. The number of nitrogens with zero attached hydrogens (tertiary/aromatic N) is 3. The minimum atomic E-state index is -0.175. The molecule has 3 heterocycles. The van der Waals surface area contributed by atoms with E-state index in [1.165, 1.54) is 6.33 Å². The van der Waals surface area contributed by atoms with Crippen LogP contribution in [0.25, 0.3) is 10.9 Å². The minimum absolute atomic E-state index is 0.0966. The lowest BCUT2D eigenvalue weighted by atomic mass is 10.0. The summed E-state index contributed by atoms with van der Waals surface area (Å²) in [6.07, 6.45) is 3.73. The highest BCUT2D eigenvalue weighted by Crippen LogP contribution is 2.25. The summed E-state index contributed by atoms with van der Waals surface area (Å²) in [5, 5.41) is 0.989. The lowest BCUT2D eigenvalue weighted by molar-refractivity contribution is 0.0734. The first kappa shape index (κ1) is 15.5. The van der Waals surface area contributed by atoms with E-state index >= 15 is 0 Å². The second-order valence-corrected chi connectivity index (χ2v) is 6.47. The van der Waals surface area contributed by atoms with Crippen molar-refractivity contribution in [2.24, 2.45) is 0 Å². The fourth-order valence-electron chi connectivity index (χ4n) is 3.39. The minimum Gasteiger partial charge on any atom is -0.334 e. The number of H-pyrrole nitrogens is 1. The summed E-state index contributed by atoms with van der Waals surface area (Å²) in [5.74, 6) is -0.0966. The Hall–Kier alpha value is -3.02. The van der Waals surface area contributed by atoms with Crippen molar-refractivity contribution in [1.29, 1.82) is 0 Å². The van der Waals surface area contributed by atoms with E-state index in [2.05, 4.69) is 21.0 Å². The summed E-state index contributed by atoms with van der Waals surface area (Å²) < 4.78 is 0. The number of carbonyl (C=O) groups excluding carboxylic acids is 1. The van der Waals surface area contributed by atoms with Crippen LogP contribution in [0, 0.1) is 13.8 Å². The molecule has 0 spiro atoms. The van der Waals surface area contributed by atoms with Crippen molar-refractivity contribution < 1.29 is 4.79 Å². The van der Waals surface area contributed by atoms with E-state index in [9.17, 15) is 9.59 Å². The van der Waals surface area contributed by atoms with E-state index in [0.717, 1.165) is 22.2 Å². The molecule has 2 aromatic heterocycles. The van der Waals surface area contributed by atoms with Crippen molar-refractivity contribution in [3.63, 3.8) is 0 Å². The van der Waals surface area contributed by atoms with E-state index in [-0.39, 0.29) is 18.0 Å². The van der Waals surface area contributed by atoms with Crippen molar-refractivity contribution in [3.05, 3.63) is 69.0 Å². The first-order chi connectivity index (χ1) is 12.0. The molecule has 0 saturated carbocycles. The lowest BCUT2D eigenvalue weighted by Gasteiger charge is -2.28. The zero-order valence-corrected chi connectivity index (χ0v) is 14.2. The molecule has 0 saturated heterocycles. The van der Waals surface area contributed by atoms with E-state index < -0.39 is 0 Å². The molecule has 126 valence electrons. The Morgan fingerprint density at radius 2 is 2.08 bits per heavy atom. The molecule has 25 heavy (non-hydrogen) atoms. The summed E-state index contributed by atoms with van der Waals surface area (Å²) >= 11 is 0. The second kappa shape index (κ2) is 5.81. The van der Waals surface area contributed by atoms with Crippen LogP contribution in [0.5, 0.6) is 0 Å². The van der Waals surface area contributed by atoms with Gasteiger partial charge in [0.1, 0.15) is 0 Å². The van der Waals surface area contributed by atoms with Crippen molar-refractivity contribution >= 4 is 16.8 Å². The number of fused-ring (bicyclic) bond motifs is 2. The lowest BCUT2D eigenvalue weighted by Crippen LogP contribution is -2.39. The van der Waals surface area contributed by atoms with Crippen LogP contribution in [0.15, 0.2) is 35.5 Å². The third-order valence-electron chi connectivity index (χ3n) is 4.73. The number of aromatic amines is 1. The largest absolute Gasteiger partial charge is 0.334 e. The maximum absolute atomic E-state index is 13.2. The molecule has 0 aliphatic carbocycles. The average Bonchev–Trinajstić information content (AvgIpc) is 2.61. The van der Waals surface area contributed by atoms with Crippen LogP contribution < -0.4 is 5.56 Å². The zero-order chi connectivity index (χ0) is 17.6. The highest BCUT2D eigenvalue weighted by molar-refractivity contribution is 6.06. The van der Waals surface area contributed by atoms with Gasteiger partial charge in [-0.25, -0.2) is 4.98 Å². The topological polar surface area (TPSA) is 79.0 Å². The van der Waals surface area contributed by atoms with Crippen molar-refractivity contribution in [2.45, 2.75) is 26.8 Å². The van der Waals surface area contributed by atoms with Gasteiger partial charge >= 0.3 is 0 Å². The second-order valence-electron chi connectivity index (χ2n) is 6.47. The van der Waals surface area contributed by atoms with Gasteiger partial charge in [0.25, 0.3) is 11.5 Å². The fraction of sp³-hybridized carbons (Fsp3) is 0.263. The highest BCUT2D eigenvalue weighted by atomic mass is 16.2. The highest BCUT2D eigenvalue weighted by Gasteiger charge is 2.26. The molecular weight excluding hydrogens is 316 g/mol. The van der Waals surface area contributed by atoms with Gasteiger partial charge in [-0.15, -0.1) is 0 Å². The maximum atomic E-state index is 13.2. The van der Waals surface area contributed by atoms with Gasteiger partial charge in [0, 0.05) is 24.5 Å². The zero-order valence-electron chi connectivity index (χ0n) is 14.2. The van der Waals surface area contributed by atoms with E-state index in [4.69, 9.17) is 0 Å². The molecule has 0 radical (unpaired) electrons. The van der Waals surface area contributed by atoms with Crippen LogP contribution in [0.2, 0.25) is 0 Å². The number of benzene rings is 1. The van der Waals surface area contributed by atoms with Gasteiger partial charge in [0.2, 0.25) is 0 Å². The van der Waals surface area contributed by atoms with Gasteiger partial charge in [0.15, 0.2) is 0 Å². The quantitative estimate of drug-likeness (QED) is 0.739. The normalized spacial score (nSPS) is 13.8. The third-order valence-corrected chi connectivity index (χ3v) is 4.73. The number of pyridine rings is 1. The molecule has 6 nitrogen and oxygen atoms in total. The summed E-state index contributed by atoms with van der Waals surface area (Å²) in [5.41, 5.74) is 4.57. The van der Waals surface area contributed by atoms with Crippen LogP contribution in [0.3, 0.4) is 0 Å². The first-order valence-electron chi connectivity index (χ1n) is 8.25. The van der Waals surface area contributed by atoms with Gasteiger partial charge in [-0.1, -0.05) is 0 Å². The molecule has 1 aliphatic rings. The van der Waals surface area contributed by atoms with Crippen LogP contribution in [-0.2, 0) is 13.0 Å². The Bertz CT molecular complexity index is 1050. The van der Waals surface area contributed by atoms with Gasteiger partial charge in [-0.05, 0) is 43.2 Å². The molecule has 0 fully saturated rings. The average molecular weight is 334 g/mol. The molecule has 3 aromatic rings. The molecule has 1 amide bonds. The van der Waals surface area contributed by atoms with Crippen LogP contribution >= 0.6 is 0 Å². The predicted octanol–water partition coefficient (Wildman–Crippen LogP) is 2.13. The van der Waals surface area contributed by atoms with E-state index in [1.807, 2.05) is 26.0 Å². The Morgan fingerprint density at radius 1 is 1.24 bits per heavy atom. The van der Waals surface area contributed by atoms with Gasteiger partial charge in [-0.3, -0.25) is 14.6 Å². The van der Waals surface area contributed by atoms with Crippen LogP contribution in [0.1, 0.15) is 32.7 Å². The number of amides is 1. The molecule has 4 rings (SSSR count). The molecule has 0 unspecified atom stereocenters. The molecule has 6 heteroatoms. The molecular formula is C19H18N4O2. The summed E-state index contributed by atoms with van der Waals surface area (Å²) in [6.45, 7) is 4.81. The summed E-state index contributed by atoms with van der Waals surface area (Å²) in [6, 6.07) is 5.87. The molecule has 1 N–H and O–H groups in total. The smallest absolute Gasteiger partial charge is 0.256 e. The standard InChI is InChI=1S/C19H18N4O2/c1-11-7-13-12(2)3-5-20-17(13)14(8-11)19(25)23-6-4-16-15(9-23)18(24)22-10-21-16/h3,5,7-8,10H,4,6,9H2,1-2H3,(H,21,22,24). The molecule has 0 bridgehead atoms. The number of nitrogens with one attached hydrogen (secondary N) is 1. The number of aromatic nitrogens is 3. The van der Waals surface area contributed by atoms with Gasteiger partial charge < -0.3 is 9.88 Å². The SMILES string of the molecule is Cc1cc(C(=O)N2CCc3nc[nH]c(=O)c3C2)c2nccc(C)c2c1. The van der Waals surface area contributed by atoms with Crippen LogP contribution in [-0.4, -0.2) is 32.3 Å². The number of carbonyl (C=O) groups is 1. The third kappa shape index (κ3) is 2.59. The Labute approximate surface area is 144 Å². The summed E-state index contributed by atoms with van der Waals surface area (Å²) in [7, 11) is 0. The van der Waals surface area contributed by atoms with Crippen molar-refractivity contribution in [2.75, 3.05) is 6.54 Å². The van der Waals surface area contributed by atoms with Gasteiger partial charge in [0.05, 0.1) is 35.2 Å². The summed E-state index contributed by atoms with van der Waals surface area (Å²) in [4.78, 5) is 38.1. The first-order valence-corrected chi connectivity index (χ1v) is 8.25. The Kier molecular flexibility index (Phi) is 3.60. The molecule has 1 aromatic carbocycles. The Morgan fingerprint density at radius 3 is 2.92 bits per heavy atom. The van der Waals surface area contributed by atoms with Gasteiger partial charge in [-0.2, -0.15) is 0 Å². The maximum Gasteiger partial charge on any atom is 0.256 e. The predicted molar refractivity (Wildman–Crippen MR) is 94.5 cm³/mol. The molecule has 1 aliphatic heterocycles.